The molecule has 1 aliphatic rings. The van der Waals surface area contributed by atoms with Crippen LogP contribution in [0.15, 0.2) is 0 Å². The Hall–Kier alpha value is -1.10. The van der Waals surface area contributed by atoms with E-state index in [2.05, 4.69) is 10.6 Å². The molecule has 0 aromatic rings. The average Bonchev–Trinajstić information content (AvgIpc) is 2.27. The highest BCUT2D eigenvalue weighted by Crippen LogP contribution is 2.18. The molecule has 0 radical (unpaired) electrons. The largest absolute Gasteiger partial charge is 0.396 e. The van der Waals surface area contributed by atoms with Crippen LogP contribution >= 0.6 is 0 Å². The molecule has 0 spiro atoms. The summed E-state index contributed by atoms with van der Waals surface area (Å²) in [6.07, 6.45) is 1.71. The number of carbonyl (C=O) groups is 2. The first-order valence-electron chi connectivity index (χ1n) is 6.10. The van der Waals surface area contributed by atoms with E-state index in [9.17, 15) is 9.59 Å². The van der Waals surface area contributed by atoms with E-state index < -0.39 is 0 Å². The highest BCUT2D eigenvalue weighted by molar-refractivity contribution is 5.83. The van der Waals surface area contributed by atoms with Crippen molar-refractivity contribution in [2.45, 2.75) is 33.1 Å². The third-order valence-corrected chi connectivity index (χ3v) is 3.17. The van der Waals surface area contributed by atoms with E-state index in [0.29, 0.717) is 32.4 Å². The van der Waals surface area contributed by atoms with Crippen LogP contribution in [0.1, 0.15) is 33.1 Å². The fraction of sp³-hybridized carbons (Fsp3) is 0.833. The number of carbonyl (C=O) groups excluding carboxylic acids is 2. The maximum Gasteiger partial charge on any atom is 0.224 e. The number of amides is 2. The van der Waals surface area contributed by atoms with Gasteiger partial charge in [0.15, 0.2) is 0 Å². The number of piperidine rings is 1. The molecule has 17 heavy (non-hydrogen) atoms. The lowest BCUT2D eigenvalue weighted by Gasteiger charge is -2.27. The van der Waals surface area contributed by atoms with Crippen LogP contribution in [0.2, 0.25) is 0 Å². The SMILES string of the molecule is CC(C)(CCO)CNC(=O)C1CCC(=O)NC1. The first kappa shape index (κ1) is 14.0. The minimum atomic E-state index is -0.113. The van der Waals surface area contributed by atoms with Gasteiger partial charge in [0, 0.05) is 26.1 Å². The molecule has 1 unspecified atom stereocenters. The van der Waals surface area contributed by atoms with Gasteiger partial charge in [-0.15, -0.1) is 0 Å². The monoisotopic (exact) mass is 242 g/mol. The zero-order valence-electron chi connectivity index (χ0n) is 10.6. The van der Waals surface area contributed by atoms with Gasteiger partial charge in [-0.2, -0.15) is 0 Å². The second-order valence-electron chi connectivity index (χ2n) is 5.40. The summed E-state index contributed by atoms with van der Waals surface area (Å²) in [4.78, 5) is 22.8. The van der Waals surface area contributed by atoms with Crippen LogP contribution in [0.3, 0.4) is 0 Å². The summed E-state index contributed by atoms with van der Waals surface area (Å²) in [6, 6.07) is 0. The van der Waals surface area contributed by atoms with E-state index in [1.807, 2.05) is 13.8 Å². The Kier molecular flexibility index (Phi) is 4.93. The number of hydrogen-bond donors (Lipinski definition) is 3. The van der Waals surface area contributed by atoms with Crippen LogP contribution in [-0.2, 0) is 9.59 Å². The van der Waals surface area contributed by atoms with Crippen molar-refractivity contribution in [3.05, 3.63) is 0 Å². The van der Waals surface area contributed by atoms with Crippen molar-refractivity contribution in [3.8, 4) is 0 Å². The van der Waals surface area contributed by atoms with Crippen LogP contribution in [0.4, 0.5) is 0 Å². The first-order valence-corrected chi connectivity index (χ1v) is 6.10. The van der Waals surface area contributed by atoms with Gasteiger partial charge in [0.1, 0.15) is 0 Å². The Labute approximate surface area is 102 Å². The highest BCUT2D eigenvalue weighted by Gasteiger charge is 2.26. The molecule has 5 nitrogen and oxygen atoms in total. The molecule has 0 aliphatic carbocycles. The molecule has 5 heteroatoms. The third-order valence-electron chi connectivity index (χ3n) is 3.17. The molecule has 0 aromatic heterocycles. The summed E-state index contributed by atoms with van der Waals surface area (Å²) >= 11 is 0. The van der Waals surface area contributed by atoms with Crippen LogP contribution in [0, 0.1) is 11.3 Å². The summed E-state index contributed by atoms with van der Waals surface area (Å²) in [5.74, 6) is -0.0942. The number of aliphatic hydroxyl groups excluding tert-OH is 1. The molecule has 1 rings (SSSR count). The predicted octanol–water partition coefficient (Wildman–Crippen LogP) is 0.0374. The van der Waals surface area contributed by atoms with Gasteiger partial charge in [-0.25, -0.2) is 0 Å². The topological polar surface area (TPSA) is 78.4 Å². The molecule has 0 bridgehead atoms. The molecular formula is C12H22N2O3. The van der Waals surface area contributed by atoms with Crippen LogP contribution in [0.25, 0.3) is 0 Å². The number of hydrogen-bond acceptors (Lipinski definition) is 3. The molecule has 1 aliphatic heterocycles. The summed E-state index contributed by atoms with van der Waals surface area (Å²) in [5, 5.41) is 14.5. The number of aliphatic hydroxyl groups is 1. The molecule has 0 saturated carbocycles. The Morgan fingerprint density at radius 3 is 2.82 bits per heavy atom. The Balaban J connectivity index is 2.32. The minimum Gasteiger partial charge on any atom is -0.396 e. The third kappa shape index (κ3) is 4.73. The van der Waals surface area contributed by atoms with Gasteiger partial charge in [0.25, 0.3) is 0 Å². The second-order valence-corrected chi connectivity index (χ2v) is 5.40. The molecule has 1 fully saturated rings. The van der Waals surface area contributed by atoms with E-state index in [0.717, 1.165) is 0 Å². The lowest BCUT2D eigenvalue weighted by atomic mass is 9.89. The van der Waals surface area contributed by atoms with Crippen molar-refractivity contribution in [1.29, 1.82) is 0 Å². The standard InChI is InChI=1S/C12H22N2O3/c1-12(2,5-6-15)8-14-11(17)9-3-4-10(16)13-7-9/h9,15H,3-8H2,1-2H3,(H,13,16)(H,14,17). The molecule has 1 heterocycles. The predicted molar refractivity (Wildman–Crippen MR) is 64.2 cm³/mol. The van der Waals surface area contributed by atoms with E-state index >= 15 is 0 Å². The molecular weight excluding hydrogens is 220 g/mol. The summed E-state index contributed by atoms with van der Waals surface area (Å²) in [7, 11) is 0. The fourth-order valence-corrected chi connectivity index (χ4v) is 1.82. The summed E-state index contributed by atoms with van der Waals surface area (Å²) < 4.78 is 0. The van der Waals surface area contributed by atoms with E-state index in [1.165, 1.54) is 0 Å². The van der Waals surface area contributed by atoms with Gasteiger partial charge in [-0.3, -0.25) is 9.59 Å². The van der Waals surface area contributed by atoms with Gasteiger partial charge in [-0.1, -0.05) is 13.8 Å². The molecule has 1 atom stereocenters. The maximum atomic E-state index is 11.8. The zero-order valence-corrected chi connectivity index (χ0v) is 10.6. The summed E-state index contributed by atoms with van der Waals surface area (Å²) in [6.45, 7) is 5.13. The number of rotatable bonds is 5. The van der Waals surface area contributed by atoms with Crippen molar-refractivity contribution in [2.75, 3.05) is 19.7 Å². The van der Waals surface area contributed by atoms with Gasteiger partial charge in [0.05, 0.1) is 5.92 Å². The first-order chi connectivity index (χ1) is 7.94. The van der Waals surface area contributed by atoms with Crippen molar-refractivity contribution >= 4 is 11.8 Å². The molecule has 3 N–H and O–H groups in total. The van der Waals surface area contributed by atoms with Gasteiger partial charge in [0.2, 0.25) is 11.8 Å². The Bertz CT molecular complexity index is 279. The average molecular weight is 242 g/mol. The quantitative estimate of drug-likeness (QED) is 0.637. The van der Waals surface area contributed by atoms with E-state index in [1.54, 1.807) is 0 Å². The molecule has 1 saturated heterocycles. The van der Waals surface area contributed by atoms with Crippen LogP contribution < -0.4 is 10.6 Å². The highest BCUT2D eigenvalue weighted by atomic mass is 16.3. The van der Waals surface area contributed by atoms with Crippen LogP contribution in [-0.4, -0.2) is 36.6 Å². The molecule has 0 aromatic carbocycles. The Morgan fingerprint density at radius 2 is 2.29 bits per heavy atom. The maximum absolute atomic E-state index is 11.8. The van der Waals surface area contributed by atoms with Gasteiger partial charge < -0.3 is 15.7 Å². The van der Waals surface area contributed by atoms with Crippen LogP contribution in [0.5, 0.6) is 0 Å². The van der Waals surface area contributed by atoms with Crippen molar-refractivity contribution in [3.63, 3.8) is 0 Å². The molecule has 2 amide bonds. The smallest absolute Gasteiger partial charge is 0.224 e. The summed E-state index contributed by atoms with van der Waals surface area (Å²) in [5.41, 5.74) is -0.0949. The number of nitrogens with one attached hydrogen (secondary N) is 2. The second kappa shape index (κ2) is 6.00. The Morgan fingerprint density at radius 1 is 1.59 bits per heavy atom. The normalized spacial score (nSPS) is 20.9. The van der Waals surface area contributed by atoms with Gasteiger partial charge in [-0.05, 0) is 18.3 Å². The van der Waals surface area contributed by atoms with E-state index in [-0.39, 0.29) is 29.8 Å². The van der Waals surface area contributed by atoms with Crippen molar-refractivity contribution < 1.29 is 14.7 Å². The van der Waals surface area contributed by atoms with E-state index in [4.69, 9.17) is 5.11 Å². The zero-order chi connectivity index (χ0) is 12.9. The molecule has 98 valence electrons. The van der Waals surface area contributed by atoms with Crippen molar-refractivity contribution in [2.24, 2.45) is 11.3 Å². The lowest BCUT2D eigenvalue weighted by Crippen LogP contribution is -2.45. The minimum absolute atomic E-state index is 0.00369. The van der Waals surface area contributed by atoms with Gasteiger partial charge >= 0.3 is 0 Å². The lowest BCUT2D eigenvalue weighted by molar-refractivity contribution is -0.129. The van der Waals surface area contributed by atoms with Crippen molar-refractivity contribution in [1.82, 2.24) is 10.6 Å². The fourth-order valence-electron chi connectivity index (χ4n) is 1.82.